The van der Waals surface area contributed by atoms with Crippen molar-refractivity contribution in [1.29, 1.82) is 0 Å². The Kier molecular flexibility index (Phi) is 7.06. The number of carbonyl (C=O) groups excluding carboxylic acids is 1. The molecule has 7 heteroatoms. The highest BCUT2D eigenvalue weighted by Crippen LogP contribution is 2.11. The van der Waals surface area contributed by atoms with E-state index in [0.717, 1.165) is 5.75 Å². The van der Waals surface area contributed by atoms with Crippen LogP contribution < -0.4 is 15.6 Å². The molecule has 0 saturated carbocycles. The number of H-pyrrole nitrogens is 1. The van der Waals surface area contributed by atoms with Crippen LogP contribution >= 0.6 is 11.8 Å². The molecule has 1 aromatic heterocycles. The van der Waals surface area contributed by atoms with Crippen molar-refractivity contribution >= 4 is 17.7 Å². The fourth-order valence-electron chi connectivity index (χ4n) is 2.30. The summed E-state index contributed by atoms with van der Waals surface area (Å²) in [6, 6.07) is 7.75. The van der Waals surface area contributed by atoms with Gasteiger partial charge in [0.2, 0.25) is 5.91 Å². The third kappa shape index (κ3) is 5.94. The monoisotopic (exact) mass is 361 g/mol. The molecular weight excluding hydrogens is 338 g/mol. The van der Waals surface area contributed by atoms with E-state index in [1.54, 1.807) is 6.92 Å². The molecular formula is C18H23N3O3S. The Hall–Kier alpha value is -2.28. The number of carbonyl (C=O) groups is 1. The molecule has 0 bridgehead atoms. The van der Waals surface area contributed by atoms with Crippen molar-refractivity contribution in [3.05, 3.63) is 51.4 Å². The smallest absolute Gasteiger partial charge is 0.254 e. The fraction of sp³-hybridized carbons (Fsp3) is 0.389. The molecule has 0 atom stereocenters. The molecule has 0 aliphatic rings. The summed E-state index contributed by atoms with van der Waals surface area (Å²) in [7, 11) is 0. The summed E-state index contributed by atoms with van der Waals surface area (Å²) in [4.78, 5) is 30.9. The quantitative estimate of drug-likeness (QED) is 0.428. The van der Waals surface area contributed by atoms with Gasteiger partial charge in [-0.2, -0.15) is 0 Å². The Morgan fingerprint density at radius 3 is 2.64 bits per heavy atom. The maximum atomic E-state index is 12.0. The number of amides is 1. The van der Waals surface area contributed by atoms with Crippen LogP contribution in [0.3, 0.4) is 0 Å². The van der Waals surface area contributed by atoms with Crippen LogP contribution in [-0.4, -0.2) is 35.3 Å². The molecule has 0 fully saturated rings. The number of nitrogens with one attached hydrogen (secondary N) is 2. The van der Waals surface area contributed by atoms with E-state index in [4.69, 9.17) is 4.74 Å². The molecule has 0 saturated heterocycles. The third-order valence-corrected chi connectivity index (χ3v) is 4.29. The van der Waals surface area contributed by atoms with Crippen LogP contribution in [-0.2, 0) is 11.2 Å². The summed E-state index contributed by atoms with van der Waals surface area (Å²) >= 11 is 1.38. The van der Waals surface area contributed by atoms with Gasteiger partial charge in [-0.1, -0.05) is 29.5 Å². The minimum Gasteiger partial charge on any atom is -0.492 e. The molecule has 0 spiro atoms. The number of rotatable bonds is 8. The fourth-order valence-corrected chi connectivity index (χ4v) is 2.72. The van der Waals surface area contributed by atoms with Gasteiger partial charge < -0.3 is 15.0 Å². The van der Waals surface area contributed by atoms with E-state index in [-0.39, 0.29) is 17.9 Å². The lowest BCUT2D eigenvalue weighted by atomic mass is 10.1. The van der Waals surface area contributed by atoms with Crippen LogP contribution in [0.25, 0.3) is 0 Å². The number of aromatic amines is 1. The molecule has 0 radical (unpaired) electrons. The highest BCUT2D eigenvalue weighted by atomic mass is 32.2. The van der Waals surface area contributed by atoms with Crippen molar-refractivity contribution in [1.82, 2.24) is 15.3 Å². The number of thioether (sulfide) groups is 1. The topological polar surface area (TPSA) is 84.1 Å². The molecule has 2 rings (SSSR count). The van der Waals surface area contributed by atoms with Gasteiger partial charge in [0.25, 0.3) is 5.56 Å². The summed E-state index contributed by atoms with van der Waals surface area (Å²) in [6.45, 7) is 4.63. The molecule has 0 unspecified atom stereocenters. The van der Waals surface area contributed by atoms with Gasteiger partial charge in [-0.25, -0.2) is 4.98 Å². The average Bonchev–Trinajstić information content (AvgIpc) is 2.59. The van der Waals surface area contributed by atoms with Gasteiger partial charge in [0.05, 0.1) is 6.54 Å². The predicted molar refractivity (Wildman–Crippen MR) is 99.4 cm³/mol. The van der Waals surface area contributed by atoms with Crippen LogP contribution in [0.5, 0.6) is 5.75 Å². The molecule has 0 aliphatic carbocycles. The highest BCUT2D eigenvalue weighted by molar-refractivity contribution is 7.98. The predicted octanol–water partition coefficient (Wildman–Crippen LogP) is 2.24. The van der Waals surface area contributed by atoms with E-state index in [1.165, 1.54) is 17.3 Å². The number of hydrogen-bond acceptors (Lipinski definition) is 5. The van der Waals surface area contributed by atoms with Gasteiger partial charge in [-0.05, 0) is 38.7 Å². The lowest BCUT2D eigenvalue weighted by Crippen LogP contribution is -2.29. The van der Waals surface area contributed by atoms with Crippen molar-refractivity contribution in [3.63, 3.8) is 0 Å². The highest BCUT2D eigenvalue weighted by Gasteiger charge is 2.10. The summed E-state index contributed by atoms with van der Waals surface area (Å²) in [6.07, 6.45) is 2.46. The number of benzene rings is 1. The van der Waals surface area contributed by atoms with E-state index >= 15 is 0 Å². The second kappa shape index (κ2) is 9.27. The maximum absolute atomic E-state index is 12.0. The third-order valence-electron chi connectivity index (χ3n) is 3.71. The lowest BCUT2D eigenvalue weighted by molar-refractivity contribution is -0.121. The Morgan fingerprint density at radius 2 is 2.00 bits per heavy atom. The van der Waals surface area contributed by atoms with Crippen LogP contribution in [0.2, 0.25) is 0 Å². The van der Waals surface area contributed by atoms with Crippen LogP contribution in [0.4, 0.5) is 0 Å². The number of nitrogens with zero attached hydrogens (tertiary/aromatic N) is 1. The minimum atomic E-state index is -0.174. The molecule has 1 aromatic carbocycles. The molecule has 2 N–H and O–H groups in total. The van der Waals surface area contributed by atoms with Crippen LogP contribution in [0.15, 0.2) is 34.2 Å². The summed E-state index contributed by atoms with van der Waals surface area (Å²) in [5.41, 5.74) is 2.23. The minimum absolute atomic E-state index is 0.111. The van der Waals surface area contributed by atoms with Gasteiger partial charge in [0, 0.05) is 17.7 Å². The first-order valence-corrected chi connectivity index (χ1v) is 9.32. The number of aromatic nitrogens is 2. The van der Waals surface area contributed by atoms with E-state index in [1.807, 2.05) is 37.4 Å². The normalized spacial score (nSPS) is 10.5. The van der Waals surface area contributed by atoms with Crippen LogP contribution in [0.1, 0.15) is 23.2 Å². The van der Waals surface area contributed by atoms with E-state index in [2.05, 4.69) is 15.3 Å². The summed E-state index contributed by atoms with van der Waals surface area (Å²) in [5.74, 6) is 0.669. The molecule has 2 aromatic rings. The van der Waals surface area contributed by atoms with E-state index in [0.29, 0.717) is 36.0 Å². The first-order valence-electron chi connectivity index (χ1n) is 8.09. The molecule has 1 amide bonds. The Bertz CT molecular complexity index is 772. The number of hydrogen-bond donors (Lipinski definition) is 2. The molecule has 1 heterocycles. The zero-order valence-corrected chi connectivity index (χ0v) is 15.5. The zero-order chi connectivity index (χ0) is 18.2. The van der Waals surface area contributed by atoms with Crippen LogP contribution in [0, 0.1) is 13.8 Å². The number of ether oxygens (including phenoxy) is 1. The van der Waals surface area contributed by atoms with Crippen molar-refractivity contribution in [3.8, 4) is 5.75 Å². The lowest BCUT2D eigenvalue weighted by Gasteiger charge is -2.09. The summed E-state index contributed by atoms with van der Waals surface area (Å²) in [5, 5.41) is 3.38. The van der Waals surface area contributed by atoms with Crippen molar-refractivity contribution < 1.29 is 9.53 Å². The first-order chi connectivity index (χ1) is 12.0. The standard InChI is InChI=1S/C18H23N3O3S/c1-12-4-6-14(7-5-12)24-11-10-19-16(22)9-8-15-13(2)20-18(25-3)21-17(15)23/h4-7H,8-11H2,1-3H3,(H,19,22)(H,20,21,23). The number of aryl methyl sites for hydroxylation is 2. The van der Waals surface area contributed by atoms with Gasteiger partial charge in [0.1, 0.15) is 12.4 Å². The Labute approximate surface area is 151 Å². The van der Waals surface area contributed by atoms with Gasteiger partial charge >= 0.3 is 0 Å². The van der Waals surface area contributed by atoms with Crippen molar-refractivity contribution in [2.24, 2.45) is 0 Å². The van der Waals surface area contributed by atoms with Crippen molar-refractivity contribution in [2.75, 3.05) is 19.4 Å². The van der Waals surface area contributed by atoms with Gasteiger partial charge in [-0.15, -0.1) is 0 Å². The SMILES string of the molecule is CSc1nc(C)c(CCC(=O)NCCOc2ccc(C)cc2)c(=O)[nH]1. The Balaban J connectivity index is 1.74. The average molecular weight is 361 g/mol. The maximum Gasteiger partial charge on any atom is 0.254 e. The van der Waals surface area contributed by atoms with Gasteiger partial charge in [-0.3, -0.25) is 9.59 Å². The Morgan fingerprint density at radius 1 is 1.28 bits per heavy atom. The van der Waals surface area contributed by atoms with E-state index in [9.17, 15) is 9.59 Å². The molecule has 0 aliphatic heterocycles. The largest absolute Gasteiger partial charge is 0.492 e. The molecule has 6 nitrogen and oxygen atoms in total. The first kappa shape index (κ1) is 19.1. The second-order valence-electron chi connectivity index (χ2n) is 5.65. The van der Waals surface area contributed by atoms with Crippen molar-refractivity contribution in [2.45, 2.75) is 31.8 Å². The van der Waals surface area contributed by atoms with Gasteiger partial charge in [0.15, 0.2) is 5.16 Å². The second-order valence-corrected chi connectivity index (χ2v) is 6.45. The molecule has 25 heavy (non-hydrogen) atoms. The van der Waals surface area contributed by atoms with E-state index < -0.39 is 0 Å². The molecule has 134 valence electrons. The summed E-state index contributed by atoms with van der Waals surface area (Å²) < 4.78 is 5.56. The zero-order valence-electron chi connectivity index (χ0n) is 14.7.